The van der Waals surface area contributed by atoms with Crippen LogP contribution in [0.5, 0.6) is 0 Å². The quantitative estimate of drug-likeness (QED) is 0.717. The Bertz CT molecular complexity index is 846. The third-order valence-electron chi connectivity index (χ3n) is 3.41. The molecule has 3 rings (SSSR count). The Labute approximate surface area is 144 Å². The van der Waals surface area contributed by atoms with Gasteiger partial charge in [0, 0.05) is 18.0 Å². The second-order valence-corrected chi connectivity index (χ2v) is 5.34. The number of anilines is 1. The minimum Gasteiger partial charge on any atom is -0.343 e. The first-order valence-corrected chi connectivity index (χ1v) is 7.76. The van der Waals surface area contributed by atoms with E-state index in [-0.39, 0.29) is 18.4 Å². The van der Waals surface area contributed by atoms with E-state index in [0.717, 1.165) is 5.69 Å². The van der Waals surface area contributed by atoms with Crippen molar-refractivity contribution in [1.82, 2.24) is 20.1 Å². The van der Waals surface area contributed by atoms with E-state index in [1.54, 1.807) is 47.5 Å². The van der Waals surface area contributed by atoms with Crippen LogP contribution in [0.4, 0.5) is 5.69 Å². The van der Waals surface area contributed by atoms with Gasteiger partial charge < -0.3 is 10.6 Å². The molecule has 0 aliphatic carbocycles. The van der Waals surface area contributed by atoms with Gasteiger partial charge >= 0.3 is 0 Å². The number of hydrogen-bond donors (Lipinski definition) is 2. The summed E-state index contributed by atoms with van der Waals surface area (Å²) in [5.74, 6) is -0.608. The van der Waals surface area contributed by atoms with Crippen LogP contribution in [0.3, 0.4) is 0 Å². The summed E-state index contributed by atoms with van der Waals surface area (Å²) < 4.78 is 1.68. The zero-order valence-corrected chi connectivity index (χ0v) is 13.4. The summed E-state index contributed by atoms with van der Waals surface area (Å²) in [6.45, 7) is 0.403. The number of amides is 2. The van der Waals surface area contributed by atoms with Gasteiger partial charge in [0.1, 0.15) is 0 Å². The monoisotopic (exact) mass is 335 g/mol. The van der Waals surface area contributed by atoms with Crippen LogP contribution in [-0.2, 0) is 11.3 Å². The molecule has 2 amide bonds. The van der Waals surface area contributed by atoms with Crippen molar-refractivity contribution in [3.63, 3.8) is 0 Å². The average molecular weight is 335 g/mol. The van der Waals surface area contributed by atoms with Gasteiger partial charge in [0.05, 0.1) is 30.7 Å². The Morgan fingerprint density at radius 1 is 1.04 bits per heavy atom. The van der Waals surface area contributed by atoms with Crippen LogP contribution < -0.4 is 10.6 Å². The maximum atomic E-state index is 11.9. The van der Waals surface area contributed by atoms with Crippen molar-refractivity contribution < 1.29 is 9.59 Å². The highest BCUT2D eigenvalue weighted by Crippen LogP contribution is 2.06. The molecule has 126 valence electrons. The third kappa shape index (κ3) is 4.74. The number of aromatic nitrogens is 3. The maximum Gasteiger partial charge on any atom is 0.251 e. The van der Waals surface area contributed by atoms with Crippen LogP contribution in [0.25, 0.3) is 0 Å². The maximum absolute atomic E-state index is 11.9. The molecule has 0 atom stereocenters. The molecule has 0 saturated heterocycles. The standard InChI is InChI=1S/C18H17N5O2/c24-17(11-20-18(25)14-6-2-1-3-7-14)22-16-10-21-23(13-16)12-15-8-4-5-9-19-15/h1-10,13H,11-12H2,(H,20,25)(H,22,24). The van der Waals surface area contributed by atoms with E-state index in [9.17, 15) is 9.59 Å². The smallest absolute Gasteiger partial charge is 0.251 e. The molecule has 2 aromatic heterocycles. The molecule has 0 unspecified atom stereocenters. The van der Waals surface area contributed by atoms with Crippen LogP contribution in [0, 0.1) is 0 Å². The van der Waals surface area contributed by atoms with Gasteiger partial charge in [-0.3, -0.25) is 19.3 Å². The molecule has 0 aliphatic heterocycles. The van der Waals surface area contributed by atoms with Crippen LogP contribution >= 0.6 is 0 Å². The van der Waals surface area contributed by atoms with Crippen molar-refractivity contribution in [1.29, 1.82) is 0 Å². The van der Waals surface area contributed by atoms with Crippen LogP contribution in [-0.4, -0.2) is 33.1 Å². The van der Waals surface area contributed by atoms with Crippen LogP contribution in [0.15, 0.2) is 67.1 Å². The normalized spacial score (nSPS) is 10.2. The summed E-state index contributed by atoms with van der Waals surface area (Å²) in [6.07, 6.45) is 4.99. The lowest BCUT2D eigenvalue weighted by atomic mass is 10.2. The minimum absolute atomic E-state index is 0.112. The summed E-state index contributed by atoms with van der Waals surface area (Å²) in [5.41, 5.74) is 1.95. The number of benzene rings is 1. The lowest BCUT2D eigenvalue weighted by Crippen LogP contribution is -2.32. The Balaban J connectivity index is 1.49. The molecule has 2 heterocycles. The summed E-state index contributed by atoms with van der Waals surface area (Å²) in [5, 5.41) is 9.46. The Morgan fingerprint density at radius 2 is 1.84 bits per heavy atom. The topological polar surface area (TPSA) is 88.9 Å². The number of hydrogen-bond acceptors (Lipinski definition) is 4. The predicted molar refractivity (Wildman–Crippen MR) is 93.0 cm³/mol. The molecule has 7 heteroatoms. The molecule has 1 aromatic carbocycles. The molecule has 2 N–H and O–H groups in total. The Hall–Kier alpha value is -3.48. The highest BCUT2D eigenvalue weighted by atomic mass is 16.2. The molecule has 25 heavy (non-hydrogen) atoms. The van der Waals surface area contributed by atoms with Crippen molar-refractivity contribution >= 4 is 17.5 Å². The Kier molecular flexibility index (Phi) is 5.16. The Morgan fingerprint density at radius 3 is 2.60 bits per heavy atom. The zero-order chi connectivity index (χ0) is 17.5. The summed E-state index contributed by atoms with van der Waals surface area (Å²) in [4.78, 5) is 28.1. The number of rotatable bonds is 6. The van der Waals surface area contributed by atoms with Gasteiger partial charge in [-0.05, 0) is 24.3 Å². The van der Waals surface area contributed by atoms with E-state index < -0.39 is 0 Å². The van der Waals surface area contributed by atoms with Gasteiger partial charge in [-0.1, -0.05) is 24.3 Å². The first kappa shape index (κ1) is 16.4. The van der Waals surface area contributed by atoms with Gasteiger partial charge in [0.15, 0.2) is 0 Å². The molecule has 7 nitrogen and oxygen atoms in total. The van der Waals surface area contributed by atoms with Crippen molar-refractivity contribution in [2.45, 2.75) is 6.54 Å². The van der Waals surface area contributed by atoms with Gasteiger partial charge in [-0.2, -0.15) is 5.10 Å². The number of carbonyl (C=O) groups is 2. The fourth-order valence-electron chi connectivity index (χ4n) is 2.23. The van der Waals surface area contributed by atoms with Gasteiger partial charge in [-0.15, -0.1) is 0 Å². The fraction of sp³-hybridized carbons (Fsp3) is 0.111. The molecule has 0 aliphatic rings. The highest BCUT2D eigenvalue weighted by molar-refractivity contribution is 5.99. The second-order valence-electron chi connectivity index (χ2n) is 5.34. The largest absolute Gasteiger partial charge is 0.343 e. The summed E-state index contributed by atoms with van der Waals surface area (Å²) >= 11 is 0. The molecule has 0 spiro atoms. The average Bonchev–Trinajstić information content (AvgIpc) is 3.08. The second kappa shape index (κ2) is 7.87. The SMILES string of the molecule is O=C(CNC(=O)c1ccccc1)Nc1cnn(Cc2ccccn2)c1. The lowest BCUT2D eigenvalue weighted by Gasteiger charge is -2.05. The summed E-state index contributed by atoms with van der Waals surface area (Å²) in [6, 6.07) is 14.4. The molecule has 0 fully saturated rings. The summed E-state index contributed by atoms with van der Waals surface area (Å²) in [7, 11) is 0. The lowest BCUT2D eigenvalue weighted by molar-refractivity contribution is -0.115. The van der Waals surface area contributed by atoms with Crippen molar-refractivity contribution in [2.24, 2.45) is 0 Å². The first-order chi connectivity index (χ1) is 12.2. The van der Waals surface area contributed by atoms with Crippen molar-refractivity contribution in [3.05, 3.63) is 78.4 Å². The molecular formula is C18H17N5O2. The predicted octanol–water partition coefficient (Wildman–Crippen LogP) is 1.69. The number of nitrogens with zero attached hydrogens (tertiary/aromatic N) is 3. The molecule has 3 aromatic rings. The van der Waals surface area contributed by atoms with E-state index >= 15 is 0 Å². The molecule has 0 radical (unpaired) electrons. The number of carbonyl (C=O) groups excluding carboxylic acids is 2. The van der Waals surface area contributed by atoms with Gasteiger partial charge in [-0.25, -0.2) is 0 Å². The number of pyridine rings is 1. The van der Waals surface area contributed by atoms with E-state index in [4.69, 9.17) is 0 Å². The minimum atomic E-state index is -0.318. The number of nitrogens with one attached hydrogen (secondary N) is 2. The van der Waals surface area contributed by atoms with Crippen LogP contribution in [0.1, 0.15) is 16.1 Å². The van der Waals surface area contributed by atoms with E-state index in [0.29, 0.717) is 17.8 Å². The van der Waals surface area contributed by atoms with E-state index in [2.05, 4.69) is 20.7 Å². The third-order valence-corrected chi connectivity index (χ3v) is 3.41. The van der Waals surface area contributed by atoms with Gasteiger partial charge in [0.2, 0.25) is 5.91 Å². The highest BCUT2D eigenvalue weighted by Gasteiger charge is 2.09. The molecule has 0 saturated carbocycles. The zero-order valence-electron chi connectivity index (χ0n) is 13.4. The molecular weight excluding hydrogens is 318 g/mol. The van der Waals surface area contributed by atoms with Gasteiger partial charge in [0.25, 0.3) is 5.91 Å². The molecule has 0 bridgehead atoms. The van der Waals surface area contributed by atoms with Crippen molar-refractivity contribution in [2.75, 3.05) is 11.9 Å². The van der Waals surface area contributed by atoms with Crippen molar-refractivity contribution in [3.8, 4) is 0 Å². The first-order valence-electron chi connectivity index (χ1n) is 7.76. The van der Waals surface area contributed by atoms with Crippen LogP contribution in [0.2, 0.25) is 0 Å². The van der Waals surface area contributed by atoms with E-state index in [1.807, 2.05) is 24.3 Å². The van der Waals surface area contributed by atoms with E-state index in [1.165, 1.54) is 0 Å². The fourth-order valence-corrected chi connectivity index (χ4v) is 2.23.